The predicted octanol–water partition coefficient (Wildman–Crippen LogP) is 5.71. The number of rotatable bonds is 8. The number of carbonyl (C=O) groups is 5. The minimum Gasteiger partial charge on any atom is -0.456 e. The molecular formula is C41H50BrN3O9. The molecule has 1 heterocycles. The second kappa shape index (κ2) is 13.2. The van der Waals surface area contributed by atoms with Gasteiger partial charge in [0.15, 0.2) is 23.4 Å². The maximum absolute atomic E-state index is 14.9. The fraction of sp³-hybridized carbons (Fsp3) is 0.585. The first-order valence-corrected chi connectivity index (χ1v) is 19.2. The Morgan fingerprint density at radius 3 is 2.31 bits per heavy atom. The van der Waals surface area contributed by atoms with Crippen molar-refractivity contribution in [3.63, 3.8) is 0 Å². The summed E-state index contributed by atoms with van der Waals surface area (Å²) in [6.45, 7) is 15.3. The van der Waals surface area contributed by atoms with Gasteiger partial charge in [0.2, 0.25) is 0 Å². The van der Waals surface area contributed by atoms with Crippen molar-refractivity contribution >= 4 is 45.2 Å². The Bertz CT molecular complexity index is 1980. The molecule has 0 saturated heterocycles. The van der Waals surface area contributed by atoms with E-state index in [1.54, 1.807) is 39.8 Å². The molecular weight excluding hydrogens is 758 g/mol. The second-order valence-corrected chi connectivity index (χ2v) is 18.6. The number of hydrogen-bond acceptors (Lipinski definition) is 11. The number of ether oxygens (including phenoxy) is 2. The van der Waals surface area contributed by atoms with E-state index in [2.05, 4.69) is 26.2 Å². The average molecular weight is 809 g/mol. The largest absolute Gasteiger partial charge is 0.456 e. The van der Waals surface area contributed by atoms with Crippen molar-refractivity contribution < 1.29 is 43.7 Å². The maximum Gasteiger partial charge on any atom is 0.361 e. The lowest BCUT2D eigenvalue weighted by molar-refractivity contribution is -0.183. The van der Waals surface area contributed by atoms with Gasteiger partial charge in [0.05, 0.1) is 18.0 Å². The summed E-state index contributed by atoms with van der Waals surface area (Å²) in [5.74, 6) is -4.14. The Hall–Kier alpha value is -3.81. The first kappa shape index (κ1) is 39.9. The lowest BCUT2D eigenvalue weighted by Crippen LogP contribution is -2.65. The Morgan fingerprint density at radius 2 is 1.69 bits per heavy atom. The van der Waals surface area contributed by atoms with Crippen molar-refractivity contribution in [2.24, 2.45) is 39.4 Å². The molecule has 290 valence electrons. The maximum atomic E-state index is 14.9. The minimum absolute atomic E-state index is 0.0217. The summed E-state index contributed by atoms with van der Waals surface area (Å²) in [6.07, 6.45) is 4.57. The van der Waals surface area contributed by atoms with E-state index in [0.717, 1.165) is 10.0 Å². The van der Waals surface area contributed by atoms with Crippen LogP contribution in [0.2, 0.25) is 0 Å². The monoisotopic (exact) mass is 807 g/mol. The van der Waals surface area contributed by atoms with E-state index in [-0.39, 0.29) is 42.4 Å². The van der Waals surface area contributed by atoms with Crippen LogP contribution in [0.1, 0.15) is 98.5 Å². The van der Waals surface area contributed by atoms with Crippen LogP contribution in [0.5, 0.6) is 0 Å². The molecule has 0 amide bonds. The van der Waals surface area contributed by atoms with E-state index in [1.165, 1.54) is 36.9 Å². The van der Waals surface area contributed by atoms with Gasteiger partial charge in [-0.2, -0.15) is 0 Å². The molecule has 3 saturated carbocycles. The van der Waals surface area contributed by atoms with E-state index in [9.17, 15) is 34.2 Å². The number of carbonyl (C=O) groups excluding carboxylic acids is 5. The van der Waals surface area contributed by atoms with Crippen molar-refractivity contribution in [3.05, 3.63) is 64.4 Å². The molecule has 0 unspecified atom stereocenters. The standard InChI is InChI=1S/C41H50BrN3O9/c1-22(46)54-36(2,3)17-16-31(48)41(9,52)33-28(47)19-38(6)30-15-14-25-26(40(30,8)32(49)20-39(33,38)7)18-29(34(50)37(25,4)5)53-35(51)27-21-45(44-43-27)24-12-10-23(42)11-13-24/h10-14,16-17,21,26,28-30,33,47,52H,15,18-20H2,1-9H3/b17-16+/t26-,28-,29+,30+,33+,38+,39-,40+,41+/m1/s1. The molecule has 0 bridgehead atoms. The Kier molecular flexibility index (Phi) is 9.71. The van der Waals surface area contributed by atoms with Crippen LogP contribution < -0.4 is 0 Å². The van der Waals surface area contributed by atoms with Crippen molar-refractivity contribution in [3.8, 4) is 5.69 Å². The van der Waals surface area contributed by atoms with Crippen molar-refractivity contribution in [1.29, 1.82) is 0 Å². The smallest absolute Gasteiger partial charge is 0.361 e. The van der Waals surface area contributed by atoms with E-state index in [1.807, 2.05) is 39.0 Å². The lowest BCUT2D eigenvalue weighted by Gasteiger charge is -2.64. The highest BCUT2D eigenvalue weighted by molar-refractivity contribution is 9.10. The van der Waals surface area contributed by atoms with Crippen LogP contribution in [-0.4, -0.2) is 77.9 Å². The third kappa shape index (κ3) is 6.14. The van der Waals surface area contributed by atoms with Crippen LogP contribution in [0.4, 0.5) is 0 Å². The topological polar surface area (TPSA) is 175 Å². The number of hydrogen-bond donors (Lipinski definition) is 2. The van der Waals surface area contributed by atoms with Gasteiger partial charge in [-0.3, -0.25) is 19.2 Å². The summed E-state index contributed by atoms with van der Waals surface area (Å²) in [4.78, 5) is 67.6. The van der Waals surface area contributed by atoms with Gasteiger partial charge in [-0.15, -0.1) is 5.10 Å². The molecule has 1 aromatic carbocycles. The molecule has 0 radical (unpaired) electrons. The molecule has 54 heavy (non-hydrogen) atoms. The van der Waals surface area contributed by atoms with Crippen LogP contribution >= 0.6 is 15.9 Å². The predicted molar refractivity (Wildman–Crippen MR) is 200 cm³/mol. The molecule has 2 aromatic rings. The number of nitrogens with zero attached hydrogens (tertiary/aromatic N) is 3. The number of Topliss-reactive ketones (excluding diaryl/α,β-unsaturated/α-hetero) is 2. The summed E-state index contributed by atoms with van der Waals surface area (Å²) >= 11 is 3.40. The molecule has 4 aliphatic carbocycles. The molecule has 2 N–H and O–H groups in total. The number of aromatic nitrogens is 3. The number of aliphatic hydroxyl groups is 2. The molecule has 0 aliphatic heterocycles. The fourth-order valence-corrected chi connectivity index (χ4v) is 11.0. The molecule has 0 spiro atoms. The first-order valence-electron chi connectivity index (χ1n) is 18.4. The zero-order chi connectivity index (χ0) is 40.0. The van der Waals surface area contributed by atoms with Gasteiger partial charge in [-0.05, 0) is 113 Å². The first-order chi connectivity index (χ1) is 24.9. The molecule has 4 aliphatic rings. The highest BCUT2D eigenvalue weighted by Crippen LogP contribution is 2.74. The summed E-state index contributed by atoms with van der Waals surface area (Å²) in [5.41, 5.74) is -5.50. The normalized spacial score (nSPS) is 34.3. The van der Waals surface area contributed by atoms with Crippen molar-refractivity contribution in [2.75, 3.05) is 0 Å². The summed E-state index contributed by atoms with van der Waals surface area (Å²) in [5, 5.41) is 31.8. The Balaban J connectivity index is 1.29. The van der Waals surface area contributed by atoms with Gasteiger partial charge in [-0.25, -0.2) is 9.48 Å². The number of halogens is 1. The highest BCUT2D eigenvalue weighted by atomic mass is 79.9. The summed E-state index contributed by atoms with van der Waals surface area (Å²) in [6, 6.07) is 7.27. The van der Waals surface area contributed by atoms with Crippen molar-refractivity contribution in [2.45, 2.75) is 111 Å². The van der Waals surface area contributed by atoms with E-state index in [4.69, 9.17) is 9.47 Å². The van der Waals surface area contributed by atoms with Crippen LogP contribution in [0.15, 0.2) is 58.7 Å². The summed E-state index contributed by atoms with van der Waals surface area (Å²) < 4.78 is 13.5. The SMILES string of the molecule is CC(=O)OC(C)(C)/C=C/C(=O)[C@](C)(O)[C@H]1[C@H](O)C[C@@]2(C)[C@@H]3CC=C4[C@@H](C[C@H](OC(=O)c5cn(-c6ccc(Br)cc6)nn5)C(=O)C4(C)C)[C@]3(C)C(=O)C[C@]12C. The van der Waals surface area contributed by atoms with Gasteiger partial charge in [0.1, 0.15) is 17.0 Å². The van der Waals surface area contributed by atoms with Crippen molar-refractivity contribution in [1.82, 2.24) is 15.0 Å². The van der Waals surface area contributed by atoms with E-state index < -0.39 is 74.6 Å². The highest BCUT2D eigenvalue weighted by Gasteiger charge is 2.74. The number of esters is 2. The van der Waals surface area contributed by atoms with Gasteiger partial charge >= 0.3 is 11.9 Å². The van der Waals surface area contributed by atoms with Crippen LogP contribution in [-0.2, 0) is 28.7 Å². The molecule has 3 fully saturated rings. The zero-order valence-electron chi connectivity index (χ0n) is 32.3. The quantitative estimate of drug-likeness (QED) is 0.190. The van der Waals surface area contributed by atoms with Crippen LogP contribution in [0, 0.1) is 39.4 Å². The average Bonchev–Trinajstić information content (AvgIpc) is 3.63. The molecule has 1 aromatic heterocycles. The fourth-order valence-electron chi connectivity index (χ4n) is 10.7. The zero-order valence-corrected chi connectivity index (χ0v) is 33.9. The number of ketones is 3. The number of benzene rings is 1. The van der Waals surface area contributed by atoms with E-state index >= 15 is 0 Å². The van der Waals surface area contributed by atoms with Gasteiger partial charge in [0, 0.05) is 34.6 Å². The third-order valence-corrected chi connectivity index (χ3v) is 14.1. The third-order valence-electron chi connectivity index (χ3n) is 13.6. The second-order valence-electron chi connectivity index (χ2n) is 17.7. The molecule has 6 rings (SSSR count). The van der Waals surface area contributed by atoms with Gasteiger partial charge in [0.25, 0.3) is 0 Å². The number of aliphatic hydroxyl groups excluding tert-OH is 1. The van der Waals surface area contributed by atoms with Gasteiger partial charge < -0.3 is 19.7 Å². The van der Waals surface area contributed by atoms with Crippen LogP contribution in [0.25, 0.3) is 5.69 Å². The Morgan fingerprint density at radius 1 is 1.04 bits per heavy atom. The van der Waals surface area contributed by atoms with E-state index in [0.29, 0.717) is 12.1 Å². The number of allylic oxidation sites excluding steroid dienone is 2. The lowest BCUT2D eigenvalue weighted by atomic mass is 9.38. The minimum atomic E-state index is -2.06. The molecule has 9 atom stereocenters. The van der Waals surface area contributed by atoms with Crippen LogP contribution in [0.3, 0.4) is 0 Å². The number of fused-ring (bicyclic) bond motifs is 5. The Labute approximate surface area is 323 Å². The summed E-state index contributed by atoms with van der Waals surface area (Å²) in [7, 11) is 0. The molecule has 12 nitrogen and oxygen atoms in total. The molecule has 13 heteroatoms. The van der Waals surface area contributed by atoms with Gasteiger partial charge in [-0.1, -0.05) is 53.6 Å².